The highest BCUT2D eigenvalue weighted by atomic mass is 35.5. The smallest absolute Gasteiger partial charge is 0.225 e. The fourth-order valence-electron chi connectivity index (χ4n) is 0.818. The highest BCUT2D eigenvalue weighted by Gasteiger charge is 2.15. The Kier molecular flexibility index (Phi) is 3.41. The largest absolute Gasteiger partial charge is 0.243 e. The first kappa shape index (κ1) is 11.4. The van der Waals surface area contributed by atoms with E-state index in [1.165, 1.54) is 12.4 Å². The van der Waals surface area contributed by atoms with Gasteiger partial charge in [0.25, 0.3) is 0 Å². The third-order valence-electron chi connectivity index (χ3n) is 1.30. The Morgan fingerprint density at radius 1 is 1.36 bits per heavy atom. The van der Waals surface area contributed by atoms with Gasteiger partial charge in [0.2, 0.25) is 15.3 Å². The number of nitrogens with one attached hydrogen (secondary N) is 1. The van der Waals surface area contributed by atoms with E-state index in [4.69, 9.17) is 11.6 Å². The van der Waals surface area contributed by atoms with Gasteiger partial charge in [0.1, 0.15) is 4.90 Å². The molecule has 1 aromatic heterocycles. The molecule has 0 aliphatic rings. The van der Waals surface area contributed by atoms with E-state index in [1.54, 1.807) is 13.8 Å². The normalized spacial score (nSPS) is 12.0. The van der Waals surface area contributed by atoms with Crippen molar-refractivity contribution in [3.8, 4) is 0 Å². The minimum Gasteiger partial charge on any atom is -0.225 e. The Hall–Kier alpha value is -0.720. The molecule has 0 aliphatic heterocycles. The highest BCUT2D eigenvalue weighted by molar-refractivity contribution is 7.89. The summed E-state index contributed by atoms with van der Waals surface area (Å²) in [4.78, 5) is 7.19. The van der Waals surface area contributed by atoms with Crippen molar-refractivity contribution in [3.63, 3.8) is 0 Å². The summed E-state index contributed by atoms with van der Waals surface area (Å²) < 4.78 is 25.4. The highest BCUT2D eigenvalue weighted by Crippen LogP contribution is 2.07. The zero-order valence-corrected chi connectivity index (χ0v) is 9.30. The minimum atomic E-state index is -3.51. The number of nitrogens with zero attached hydrogens (tertiary/aromatic N) is 2. The van der Waals surface area contributed by atoms with E-state index in [1.807, 2.05) is 0 Å². The predicted molar refractivity (Wildman–Crippen MR) is 52.5 cm³/mol. The molecule has 0 bridgehead atoms. The third-order valence-corrected chi connectivity index (χ3v) is 3.11. The van der Waals surface area contributed by atoms with Crippen LogP contribution >= 0.6 is 11.6 Å². The summed E-state index contributed by atoms with van der Waals surface area (Å²) in [7, 11) is -3.51. The summed E-state index contributed by atoms with van der Waals surface area (Å²) in [5.74, 6) is 0. The van der Waals surface area contributed by atoms with Crippen LogP contribution in [0.5, 0.6) is 0 Å². The van der Waals surface area contributed by atoms with Gasteiger partial charge in [-0.1, -0.05) is 0 Å². The van der Waals surface area contributed by atoms with E-state index in [2.05, 4.69) is 14.7 Å². The van der Waals surface area contributed by atoms with Gasteiger partial charge in [0.05, 0.1) is 12.4 Å². The van der Waals surface area contributed by atoms with Crippen molar-refractivity contribution in [2.75, 3.05) is 0 Å². The van der Waals surface area contributed by atoms with Crippen LogP contribution in [-0.2, 0) is 10.0 Å². The van der Waals surface area contributed by atoms with E-state index in [9.17, 15) is 8.42 Å². The van der Waals surface area contributed by atoms with E-state index in [0.717, 1.165) is 0 Å². The maximum atomic E-state index is 11.5. The SMILES string of the molecule is CC(C)NS(=O)(=O)c1cnc(Cl)nc1. The van der Waals surface area contributed by atoms with E-state index in [0.29, 0.717) is 0 Å². The van der Waals surface area contributed by atoms with Crippen molar-refractivity contribution < 1.29 is 8.42 Å². The summed E-state index contributed by atoms with van der Waals surface area (Å²) >= 11 is 5.43. The lowest BCUT2D eigenvalue weighted by Gasteiger charge is -2.08. The molecule has 5 nitrogen and oxygen atoms in total. The first-order valence-corrected chi connectivity index (χ1v) is 5.78. The summed E-state index contributed by atoms with van der Waals surface area (Å²) in [5, 5.41) is 0.0218. The van der Waals surface area contributed by atoms with E-state index >= 15 is 0 Å². The zero-order valence-electron chi connectivity index (χ0n) is 7.73. The van der Waals surface area contributed by atoms with Crippen LogP contribution < -0.4 is 4.72 Å². The monoisotopic (exact) mass is 235 g/mol. The zero-order chi connectivity index (χ0) is 10.8. The van der Waals surface area contributed by atoms with Crippen LogP contribution in [0.1, 0.15) is 13.8 Å². The molecule has 0 amide bonds. The maximum Gasteiger partial charge on any atom is 0.243 e. The van der Waals surface area contributed by atoms with Crippen LogP contribution in [0.3, 0.4) is 0 Å². The third kappa shape index (κ3) is 2.90. The van der Waals surface area contributed by atoms with Crippen LogP contribution in [0, 0.1) is 0 Å². The summed E-state index contributed by atoms with van der Waals surface area (Å²) in [6, 6.07) is -0.171. The van der Waals surface area contributed by atoms with Gasteiger partial charge >= 0.3 is 0 Å². The van der Waals surface area contributed by atoms with E-state index in [-0.39, 0.29) is 16.2 Å². The number of sulfonamides is 1. The lowest BCUT2D eigenvalue weighted by atomic mass is 10.4. The van der Waals surface area contributed by atoms with Crippen molar-refractivity contribution in [2.45, 2.75) is 24.8 Å². The molecule has 0 aromatic carbocycles. The molecule has 0 saturated heterocycles. The lowest BCUT2D eigenvalue weighted by Crippen LogP contribution is -2.30. The molecule has 1 rings (SSSR count). The molecule has 0 atom stereocenters. The summed E-state index contributed by atoms with van der Waals surface area (Å²) in [6.07, 6.45) is 2.33. The molecule has 1 N–H and O–H groups in total. The molecule has 7 heteroatoms. The molecular formula is C7H10ClN3O2S. The van der Waals surface area contributed by atoms with Crippen LogP contribution in [0.15, 0.2) is 17.3 Å². The predicted octanol–water partition coefficient (Wildman–Crippen LogP) is 0.817. The second-order valence-electron chi connectivity index (χ2n) is 2.96. The van der Waals surface area contributed by atoms with Gasteiger partial charge < -0.3 is 0 Å². The number of hydrogen-bond donors (Lipinski definition) is 1. The Morgan fingerprint density at radius 3 is 2.29 bits per heavy atom. The average Bonchev–Trinajstić information content (AvgIpc) is 2.02. The standard InChI is InChI=1S/C7H10ClN3O2S/c1-5(2)11-14(12,13)6-3-9-7(8)10-4-6/h3-5,11H,1-2H3. The Balaban J connectivity index is 2.99. The fourth-order valence-corrected chi connectivity index (χ4v) is 2.05. The minimum absolute atomic E-state index is 0.00981. The van der Waals surface area contributed by atoms with Crippen molar-refractivity contribution >= 4 is 21.6 Å². The molecule has 1 aromatic rings. The number of hydrogen-bond acceptors (Lipinski definition) is 4. The first-order valence-electron chi connectivity index (χ1n) is 3.91. The van der Waals surface area contributed by atoms with Crippen molar-refractivity contribution in [1.29, 1.82) is 0 Å². The Morgan fingerprint density at radius 2 is 1.86 bits per heavy atom. The van der Waals surface area contributed by atoms with Gasteiger partial charge in [-0.15, -0.1) is 0 Å². The second-order valence-corrected chi connectivity index (χ2v) is 5.02. The topological polar surface area (TPSA) is 72.0 Å². The van der Waals surface area contributed by atoms with Gasteiger partial charge in [-0.05, 0) is 25.4 Å². The molecule has 14 heavy (non-hydrogen) atoms. The van der Waals surface area contributed by atoms with Gasteiger partial charge in [-0.2, -0.15) is 0 Å². The molecule has 0 radical (unpaired) electrons. The second kappa shape index (κ2) is 4.20. The van der Waals surface area contributed by atoms with Gasteiger partial charge in [0, 0.05) is 6.04 Å². The van der Waals surface area contributed by atoms with Crippen molar-refractivity contribution in [2.24, 2.45) is 0 Å². The van der Waals surface area contributed by atoms with Crippen LogP contribution in [0.4, 0.5) is 0 Å². The number of rotatable bonds is 3. The average molecular weight is 236 g/mol. The summed E-state index contributed by atoms with van der Waals surface area (Å²) in [5.41, 5.74) is 0. The quantitative estimate of drug-likeness (QED) is 0.788. The number of halogens is 1. The molecule has 1 heterocycles. The number of aromatic nitrogens is 2. The first-order chi connectivity index (χ1) is 6.42. The Labute approximate surface area is 87.6 Å². The van der Waals surface area contributed by atoms with Crippen molar-refractivity contribution in [3.05, 3.63) is 17.7 Å². The molecule has 0 fully saturated rings. The molecular weight excluding hydrogens is 226 g/mol. The van der Waals surface area contributed by atoms with Crippen LogP contribution in [0.25, 0.3) is 0 Å². The Bertz CT molecular complexity index is 401. The maximum absolute atomic E-state index is 11.5. The van der Waals surface area contributed by atoms with Gasteiger partial charge in [0.15, 0.2) is 0 Å². The molecule has 78 valence electrons. The van der Waals surface area contributed by atoms with Crippen molar-refractivity contribution in [1.82, 2.24) is 14.7 Å². The van der Waals surface area contributed by atoms with Gasteiger partial charge in [-0.3, -0.25) is 0 Å². The molecule has 0 aliphatic carbocycles. The van der Waals surface area contributed by atoms with Crippen LogP contribution in [-0.4, -0.2) is 24.4 Å². The molecule has 0 unspecified atom stereocenters. The summed E-state index contributed by atoms with van der Waals surface area (Å²) in [6.45, 7) is 3.46. The van der Waals surface area contributed by atoms with Crippen LogP contribution in [0.2, 0.25) is 5.28 Å². The molecule has 0 saturated carbocycles. The van der Waals surface area contributed by atoms with E-state index < -0.39 is 10.0 Å². The lowest BCUT2D eigenvalue weighted by molar-refractivity contribution is 0.569. The molecule has 0 spiro atoms. The fraction of sp³-hybridized carbons (Fsp3) is 0.429. The van der Waals surface area contributed by atoms with Gasteiger partial charge in [-0.25, -0.2) is 23.1 Å².